The maximum absolute atomic E-state index is 11.7. The minimum atomic E-state index is -1.36. The summed E-state index contributed by atoms with van der Waals surface area (Å²) in [6.07, 6.45) is -0.641. The van der Waals surface area contributed by atoms with Gasteiger partial charge in [0.2, 0.25) is 5.78 Å². The van der Waals surface area contributed by atoms with Crippen LogP contribution in [0.1, 0.15) is 13.8 Å². The number of hydrogen-bond acceptors (Lipinski definition) is 3. The zero-order valence-electron chi connectivity index (χ0n) is 7.64. The zero-order chi connectivity index (χ0) is 10.1. The molecule has 0 saturated carbocycles. The van der Waals surface area contributed by atoms with E-state index < -0.39 is 10.6 Å². The van der Waals surface area contributed by atoms with E-state index >= 15 is 0 Å². The van der Waals surface area contributed by atoms with Crippen LogP contribution in [0.4, 0.5) is 0 Å². The van der Waals surface area contributed by atoms with E-state index in [-0.39, 0.29) is 11.7 Å². The molecular formula is C8H13Cl2NO2. The number of ketones is 1. The number of hydrogen-bond donors (Lipinski definition) is 1. The summed E-state index contributed by atoms with van der Waals surface area (Å²) >= 11 is 11.8. The maximum atomic E-state index is 11.7. The van der Waals surface area contributed by atoms with Crippen molar-refractivity contribution >= 4 is 29.0 Å². The van der Waals surface area contributed by atoms with Crippen molar-refractivity contribution < 1.29 is 9.53 Å². The molecule has 1 N–H and O–H groups in total. The van der Waals surface area contributed by atoms with Gasteiger partial charge in [0.15, 0.2) is 10.6 Å². The van der Waals surface area contributed by atoms with Crippen LogP contribution in [0.15, 0.2) is 0 Å². The summed E-state index contributed by atoms with van der Waals surface area (Å²) < 4.78 is 3.76. The molecule has 1 aliphatic rings. The van der Waals surface area contributed by atoms with E-state index in [4.69, 9.17) is 27.9 Å². The van der Waals surface area contributed by atoms with Gasteiger partial charge in [-0.25, -0.2) is 0 Å². The number of carbonyl (C=O) groups excluding carboxylic acids is 1. The molecule has 0 aromatic rings. The lowest BCUT2D eigenvalue weighted by atomic mass is 10.0. The maximum Gasteiger partial charge on any atom is 0.212 e. The molecule has 13 heavy (non-hydrogen) atoms. The Balaban J connectivity index is 2.64. The molecule has 0 aromatic carbocycles. The van der Waals surface area contributed by atoms with Crippen LogP contribution < -0.4 is 5.32 Å². The van der Waals surface area contributed by atoms with Crippen LogP contribution in [0.2, 0.25) is 0 Å². The third-order valence-electron chi connectivity index (χ3n) is 2.01. The SMILES string of the molecule is CC(C)C(Cl)(Cl)C(=O)C1NCCO1. The summed E-state index contributed by atoms with van der Waals surface area (Å²) in [5.41, 5.74) is 0. The monoisotopic (exact) mass is 225 g/mol. The summed E-state index contributed by atoms with van der Waals surface area (Å²) in [4.78, 5) is 11.7. The van der Waals surface area contributed by atoms with Gasteiger partial charge in [-0.1, -0.05) is 37.0 Å². The highest BCUT2D eigenvalue weighted by Crippen LogP contribution is 2.32. The smallest absolute Gasteiger partial charge is 0.212 e. The fourth-order valence-corrected chi connectivity index (χ4v) is 1.25. The standard InChI is InChI=1S/C8H13Cl2NO2/c1-5(2)8(9,10)6(12)7-11-3-4-13-7/h5,7,11H,3-4H2,1-2H3. The fourth-order valence-electron chi connectivity index (χ4n) is 1.05. The minimum absolute atomic E-state index is 0.130. The summed E-state index contributed by atoms with van der Waals surface area (Å²) in [6.45, 7) is 4.79. The molecule has 5 heteroatoms. The van der Waals surface area contributed by atoms with Crippen LogP contribution in [-0.4, -0.2) is 29.5 Å². The fraction of sp³-hybridized carbons (Fsp3) is 0.875. The molecule has 1 heterocycles. The second-order valence-corrected chi connectivity index (χ2v) is 4.73. The molecule has 3 nitrogen and oxygen atoms in total. The van der Waals surface area contributed by atoms with Crippen LogP contribution in [-0.2, 0) is 9.53 Å². The van der Waals surface area contributed by atoms with Crippen molar-refractivity contribution in [3.8, 4) is 0 Å². The Morgan fingerprint density at radius 3 is 2.62 bits per heavy atom. The van der Waals surface area contributed by atoms with E-state index in [0.29, 0.717) is 13.2 Å². The Bertz CT molecular complexity index is 200. The first-order valence-corrected chi connectivity index (χ1v) is 4.99. The van der Waals surface area contributed by atoms with Gasteiger partial charge in [-0.3, -0.25) is 10.1 Å². The molecule has 1 atom stereocenters. The summed E-state index contributed by atoms with van der Waals surface area (Å²) in [7, 11) is 0. The lowest BCUT2D eigenvalue weighted by Crippen LogP contribution is -2.45. The highest BCUT2D eigenvalue weighted by Gasteiger charge is 2.42. The van der Waals surface area contributed by atoms with Crippen molar-refractivity contribution in [1.82, 2.24) is 5.32 Å². The van der Waals surface area contributed by atoms with Crippen LogP contribution in [0.5, 0.6) is 0 Å². The second-order valence-electron chi connectivity index (χ2n) is 3.35. The molecule has 1 rings (SSSR count). The number of Topliss-reactive ketones (excluding diaryl/α,β-unsaturated/α-hetero) is 1. The van der Waals surface area contributed by atoms with Gasteiger partial charge in [-0.2, -0.15) is 0 Å². The minimum Gasteiger partial charge on any atom is -0.354 e. The lowest BCUT2D eigenvalue weighted by molar-refractivity contribution is -0.130. The van der Waals surface area contributed by atoms with Crippen molar-refractivity contribution in [3.05, 3.63) is 0 Å². The highest BCUT2D eigenvalue weighted by atomic mass is 35.5. The molecule has 76 valence electrons. The molecule has 1 saturated heterocycles. The molecular weight excluding hydrogens is 213 g/mol. The van der Waals surface area contributed by atoms with Crippen molar-refractivity contribution in [2.45, 2.75) is 24.4 Å². The van der Waals surface area contributed by atoms with Gasteiger partial charge in [0.25, 0.3) is 0 Å². The van der Waals surface area contributed by atoms with Gasteiger partial charge in [0.05, 0.1) is 6.61 Å². The molecule has 1 aliphatic heterocycles. The third kappa shape index (κ3) is 2.34. The first kappa shape index (κ1) is 11.2. The Hall–Kier alpha value is 0.170. The van der Waals surface area contributed by atoms with Crippen LogP contribution in [0.25, 0.3) is 0 Å². The second kappa shape index (κ2) is 4.13. The molecule has 0 aliphatic carbocycles. The molecule has 0 radical (unpaired) electrons. The number of alkyl halides is 2. The molecule has 1 unspecified atom stereocenters. The van der Waals surface area contributed by atoms with Gasteiger partial charge in [-0.05, 0) is 5.92 Å². The summed E-state index contributed by atoms with van der Waals surface area (Å²) in [5, 5.41) is 2.88. The van der Waals surface area contributed by atoms with Gasteiger partial charge < -0.3 is 4.74 Å². The third-order valence-corrected chi connectivity index (χ3v) is 3.25. The van der Waals surface area contributed by atoms with Crippen molar-refractivity contribution in [2.75, 3.05) is 13.2 Å². The normalized spacial score (nSPS) is 23.9. The number of rotatable bonds is 3. The predicted molar refractivity (Wildman–Crippen MR) is 52.0 cm³/mol. The summed E-state index contributed by atoms with van der Waals surface area (Å²) in [6, 6.07) is 0. The quantitative estimate of drug-likeness (QED) is 0.738. The first-order valence-electron chi connectivity index (χ1n) is 4.23. The zero-order valence-corrected chi connectivity index (χ0v) is 9.15. The van der Waals surface area contributed by atoms with Gasteiger partial charge in [0, 0.05) is 6.54 Å². The lowest BCUT2D eigenvalue weighted by Gasteiger charge is -2.24. The van der Waals surface area contributed by atoms with Gasteiger partial charge in [-0.15, -0.1) is 0 Å². The number of ether oxygens (including phenoxy) is 1. The molecule has 0 spiro atoms. The van der Waals surface area contributed by atoms with E-state index in [1.807, 2.05) is 0 Å². The highest BCUT2D eigenvalue weighted by molar-refractivity contribution is 6.58. The Morgan fingerprint density at radius 1 is 1.62 bits per heavy atom. The van der Waals surface area contributed by atoms with Crippen LogP contribution in [0, 0.1) is 5.92 Å². The average molecular weight is 226 g/mol. The van der Waals surface area contributed by atoms with E-state index in [9.17, 15) is 4.79 Å². The molecule has 0 amide bonds. The van der Waals surface area contributed by atoms with Crippen LogP contribution in [0.3, 0.4) is 0 Å². The van der Waals surface area contributed by atoms with E-state index in [2.05, 4.69) is 5.32 Å². The Morgan fingerprint density at radius 2 is 2.23 bits per heavy atom. The topological polar surface area (TPSA) is 38.3 Å². The Labute approximate surface area is 87.7 Å². The van der Waals surface area contributed by atoms with Crippen LogP contribution >= 0.6 is 23.2 Å². The molecule has 0 bridgehead atoms. The van der Waals surface area contributed by atoms with Gasteiger partial charge in [0.1, 0.15) is 0 Å². The molecule has 0 aromatic heterocycles. The van der Waals surface area contributed by atoms with E-state index in [1.54, 1.807) is 13.8 Å². The largest absolute Gasteiger partial charge is 0.354 e. The Kier molecular flexibility index (Phi) is 3.57. The first-order chi connectivity index (χ1) is 5.96. The van der Waals surface area contributed by atoms with Crippen molar-refractivity contribution in [3.63, 3.8) is 0 Å². The van der Waals surface area contributed by atoms with E-state index in [0.717, 1.165) is 0 Å². The number of nitrogens with one attached hydrogen (secondary N) is 1. The van der Waals surface area contributed by atoms with E-state index in [1.165, 1.54) is 0 Å². The summed E-state index contributed by atoms with van der Waals surface area (Å²) in [5.74, 6) is -0.433. The average Bonchev–Trinajstić information content (AvgIpc) is 2.54. The molecule has 1 fully saturated rings. The number of halogens is 2. The number of carbonyl (C=O) groups is 1. The van der Waals surface area contributed by atoms with Gasteiger partial charge >= 0.3 is 0 Å². The predicted octanol–water partition coefficient (Wildman–Crippen LogP) is 1.33. The van der Waals surface area contributed by atoms with Crippen molar-refractivity contribution in [2.24, 2.45) is 5.92 Å². The van der Waals surface area contributed by atoms with Crippen molar-refractivity contribution in [1.29, 1.82) is 0 Å².